The molecular weight excluding hydrogens is 1100 g/mol. The Kier molecular flexibility index (Phi) is 57.7. The van der Waals surface area contributed by atoms with E-state index in [1.165, 1.54) is 141 Å². The van der Waals surface area contributed by atoms with Crippen LogP contribution in [-0.4, -0.2) is 96.7 Å². The third kappa shape index (κ3) is 58.8. The first kappa shape index (κ1) is 81.1. The lowest BCUT2D eigenvalue weighted by Gasteiger charge is -2.21. The van der Waals surface area contributed by atoms with Gasteiger partial charge in [0, 0.05) is 25.7 Å². The van der Waals surface area contributed by atoms with Crippen LogP contribution >= 0.6 is 15.6 Å². The standard InChI is InChI=1S/C64H124O17P2/c1-5-9-13-17-21-24-26-28-29-30-31-33-35-39-43-47-51-64(69)81-60(55-75-62(67)49-45-41-38-34-32-27-25-22-18-14-10-6-2)57-79-83(72,73)77-53-58(65)52-76-82(70,71)78-56-59(54-74-61(66)48-44-40-36-20-16-12-8-4)80-63(68)50-46-42-37-23-19-15-11-7-3/h58-60,65H,5-57H2,1-4H3,(H,70,71)(H,72,73)/t58-,59+,60+/m0/s1. The van der Waals surface area contributed by atoms with Gasteiger partial charge in [-0.3, -0.25) is 37.3 Å². The predicted octanol–water partition coefficient (Wildman–Crippen LogP) is 17.9. The zero-order chi connectivity index (χ0) is 61.2. The van der Waals surface area contributed by atoms with Crippen LogP contribution in [-0.2, 0) is 65.4 Å². The maximum Gasteiger partial charge on any atom is 0.472 e. The molecule has 492 valence electrons. The number of carbonyl (C=O) groups is 4. The number of aliphatic hydroxyl groups is 1. The van der Waals surface area contributed by atoms with Crippen LogP contribution in [0.3, 0.4) is 0 Å². The molecule has 0 bridgehead atoms. The number of esters is 4. The largest absolute Gasteiger partial charge is 0.472 e. The fourth-order valence-corrected chi connectivity index (χ4v) is 11.2. The van der Waals surface area contributed by atoms with E-state index < -0.39 is 97.5 Å². The lowest BCUT2D eigenvalue weighted by molar-refractivity contribution is -0.161. The monoisotopic (exact) mass is 1230 g/mol. The summed E-state index contributed by atoms with van der Waals surface area (Å²) >= 11 is 0. The fourth-order valence-electron chi connectivity index (χ4n) is 9.63. The summed E-state index contributed by atoms with van der Waals surface area (Å²) in [5.41, 5.74) is 0. The molecule has 0 aromatic carbocycles. The number of hydrogen-bond donors (Lipinski definition) is 3. The first-order chi connectivity index (χ1) is 40.2. The molecule has 0 heterocycles. The molecule has 0 aliphatic heterocycles. The highest BCUT2D eigenvalue weighted by molar-refractivity contribution is 7.47. The van der Waals surface area contributed by atoms with E-state index in [0.717, 1.165) is 109 Å². The number of ether oxygens (including phenoxy) is 4. The van der Waals surface area contributed by atoms with Crippen LogP contribution in [0.4, 0.5) is 0 Å². The van der Waals surface area contributed by atoms with Crippen LogP contribution < -0.4 is 0 Å². The number of phosphoric acid groups is 2. The Morgan fingerprint density at radius 2 is 0.482 bits per heavy atom. The SMILES string of the molecule is CCCCCCCCCCCCCCCCCCC(=O)O[C@H](COC(=O)CCCCCCCCCCCCCC)COP(=O)(O)OC[C@@H](O)COP(=O)(O)OC[C@@H](COC(=O)CCCCCCCCC)OC(=O)CCCCCCCCCC. The average molecular weight is 1230 g/mol. The first-order valence-electron chi connectivity index (χ1n) is 33.8. The zero-order valence-corrected chi connectivity index (χ0v) is 54.9. The van der Waals surface area contributed by atoms with Gasteiger partial charge in [-0.1, -0.05) is 278 Å². The molecule has 2 unspecified atom stereocenters. The third-order valence-corrected chi connectivity index (χ3v) is 16.8. The summed E-state index contributed by atoms with van der Waals surface area (Å²) in [6, 6.07) is 0. The van der Waals surface area contributed by atoms with E-state index in [2.05, 4.69) is 27.7 Å². The van der Waals surface area contributed by atoms with E-state index in [1.54, 1.807) is 0 Å². The van der Waals surface area contributed by atoms with E-state index in [1.807, 2.05) is 0 Å². The molecule has 5 atom stereocenters. The Labute approximate surface area is 505 Å². The number of rotatable bonds is 65. The van der Waals surface area contributed by atoms with Crippen LogP contribution in [0.5, 0.6) is 0 Å². The van der Waals surface area contributed by atoms with Gasteiger partial charge in [-0.25, -0.2) is 9.13 Å². The van der Waals surface area contributed by atoms with Crippen molar-refractivity contribution < 1.29 is 80.2 Å². The van der Waals surface area contributed by atoms with Gasteiger partial charge < -0.3 is 33.8 Å². The van der Waals surface area contributed by atoms with Crippen LogP contribution in [0.25, 0.3) is 0 Å². The summed E-state index contributed by atoms with van der Waals surface area (Å²) in [6.07, 6.45) is 44.6. The highest BCUT2D eigenvalue weighted by atomic mass is 31.2. The lowest BCUT2D eigenvalue weighted by Crippen LogP contribution is -2.30. The van der Waals surface area contributed by atoms with Crippen LogP contribution in [0, 0.1) is 0 Å². The molecule has 0 rings (SSSR count). The van der Waals surface area contributed by atoms with Crippen molar-refractivity contribution >= 4 is 39.5 Å². The number of aliphatic hydroxyl groups excluding tert-OH is 1. The van der Waals surface area contributed by atoms with Gasteiger partial charge in [-0.05, 0) is 25.7 Å². The molecule has 3 N–H and O–H groups in total. The maximum atomic E-state index is 13.0. The van der Waals surface area contributed by atoms with Crippen molar-refractivity contribution in [3.05, 3.63) is 0 Å². The Bertz CT molecular complexity index is 1600. The van der Waals surface area contributed by atoms with Crippen LogP contribution in [0.2, 0.25) is 0 Å². The number of carbonyl (C=O) groups excluding carboxylic acids is 4. The van der Waals surface area contributed by atoms with Gasteiger partial charge in [0.1, 0.15) is 19.3 Å². The van der Waals surface area contributed by atoms with Gasteiger partial charge in [0.05, 0.1) is 26.4 Å². The zero-order valence-electron chi connectivity index (χ0n) is 53.2. The molecule has 0 saturated carbocycles. The van der Waals surface area contributed by atoms with Crippen molar-refractivity contribution in [2.75, 3.05) is 39.6 Å². The Hall–Kier alpha value is -1.94. The Morgan fingerprint density at radius 1 is 0.289 bits per heavy atom. The Balaban J connectivity index is 5.18. The molecule has 0 amide bonds. The second-order valence-corrected chi connectivity index (χ2v) is 26.1. The van der Waals surface area contributed by atoms with Gasteiger partial charge in [-0.15, -0.1) is 0 Å². The molecule has 0 aliphatic carbocycles. The van der Waals surface area contributed by atoms with Crippen LogP contribution in [0.15, 0.2) is 0 Å². The van der Waals surface area contributed by atoms with E-state index in [9.17, 15) is 43.2 Å². The van der Waals surface area contributed by atoms with E-state index in [4.69, 9.17) is 37.0 Å². The summed E-state index contributed by atoms with van der Waals surface area (Å²) in [7, 11) is -9.88. The highest BCUT2D eigenvalue weighted by Gasteiger charge is 2.30. The third-order valence-electron chi connectivity index (χ3n) is 14.9. The van der Waals surface area contributed by atoms with Gasteiger partial charge in [0.15, 0.2) is 12.2 Å². The molecule has 19 heteroatoms. The second kappa shape index (κ2) is 59.0. The molecule has 0 aromatic rings. The first-order valence-corrected chi connectivity index (χ1v) is 36.8. The molecular formula is C64H124O17P2. The molecule has 0 radical (unpaired) electrons. The van der Waals surface area contributed by atoms with E-state index >= 15 is 0 Å². The lowest BCUT2D eigenvalue weighted by atomic mass is 10.0. The number of phosphoric ester groups is 2. The second-order valence-electron chi connectivity index (χ2n) is 23.2. The summed E-state index contributed by atoms with van der Waals surface area (Å²) in [4.78, 5) is 72.0. The van der Waals surface area contributed by atoms with E-state index in [0.29, 0.717) is 25.7 Å². The smallest absolute Gasteiger partial charge is 0.462 e. The van der Waals surface area contributed by atoms with Crippen LogP contribution in [0.1, 0.15) is 329 Å². The maximum absolute atomic E-state index is 13.0. The van der Waals surface area contributed by atoms with Gasteiger partial charge >= 0.3 is 39.5 Å². The summed E-state index contributed by atoms with van der Waals surface area (Å²) < 4.78 is 67.9. The van der Waals surface area contributed by atoms with Crippen molar-refractivity contribution in [3.63, 3.8) is 0 Å². The van der Waals surface area contributed by atoms with Crippen molar-refractivity contribution in [2.45, 2.75) is 348 Å². The minimum absolute atomic E-state index is 0.105. The molecule has 0 saturated heterocycles. The van der Waals surface area contributed by atoms with E-state index in [-0.39, 0.29) is 25.7 Å². The van der Waals surface area contributed by atoms with Gasteiger partial charge in [0.2, 0.25) is 0 Å². The minimum Gasteiger partial charge on any atom is -0.462 e. The summed E-state index contributed by atoms with van der Waals surface area (Å²) in [5, 5.41) is 10.5. The van der Waals surface area contributed by atoms with Crippen molar-refractivity contribution in [3.8, 4) is 0 Å². The van der Waals surface area contributed by atoms with Crippen molar-refractivity contribution in [1.82, 2.24) is 0 Å². The fraction of sp³-hybridized carbons (Fsp3) is 0.938. The molecule has 83 heavy (non-hydrogen) atoms. The number of hydrogen-bond acceptors (Lipinski definition) is 15. The predicted molar refractivity (Wildman–Crippen MR) is 331 cm³/mol. The summed E-state index contributed by atoms with van der Waals surface area (Å²) in [6.45, 7) is 4.83. The Morgan fingerprint density at radius 3 is 0.711 bits per heavy atom. The molecule has 0 aromatic heterocycles. The van der Waals surface area contributed by atoms with Crippen molar-refractivity contribution in [1.29, 1.82) is 0 Å². The quantitative estimate of drug-likeness (QED) is 0.0222. The summed E-state index contributed by atoms with van der Waals surface area (Å²) in [5.74, 6) is -2.14. The molecule has 0 aliphatic rings. The van der Waals surface area contributed by atoms with Crippen molar-refractivity contribution in [2.24, 2.45) is 0 Å². The molecule has 0 spiro atoms. The average Bonchev–Trinajstić information content (AvgIpc) is 3.46. The number of unbranched alkanes of at least 4 members (excludes halogenated alkanes) is 39. The minimum atomic E-state index is -4.94. The highest BCUT2D eigenvalue weighted by Crippen LogP contribution is 2.45. The van der Waals surface area contributed by atoms with Gasteiger partial charge in [0.25, 0.3) is 0 Å². The topological polar surface area (TPSA) is 237 Å². The normalized spacial score (nSPS) is 14.2. The van der Waals surface area contributed by atoms with Gasteiger partial charge in [-0.2, -0.15) is 0 Å². The molecule has 0 fully saturated rings. The molecule has 17 nitrogen and oxygen atoms in total.